The number of benzene rings is 2. The molecule has 0 atom stereocenters. The van der Waals surface area contributed by atoms with Gasteiger partial charge in [0.25, 0.3) is 5.91 Å². The number of ether oxygens (including phenoxy) is 1. The van der Waals surface area contributed by atoms with Crippen LogP contribution in [0.1, 0.15) is 56.0 Å². The summed E-state index contributed by atoms with van der Waals surface area (Å²) in [5, 5.41) is 23.8. The number of nitrogens with one attached hydrogen (secondary N) is 5. The Bertz CT molecular complexity index is 1550. The summed E-state index contributed by atoms with van der Waals surface area (Å²) in [7, 11) is 0. The van der Waals surface area contributed by atoms with E-state index in [0.717, 1.165) is 23.7 Å². The molecule has 2 fully saturated rings. The van der Waals surface area contributed by atoms with Crippen molar-refractivity contribution in [3.63, 3.8) is 0 Å². The van der Waals surface area contributed by atoms with Crippen molar-refractivity contribution >= 4 is 47.4 Å². The highest BCUT2D eigenvalue weighted by atomic mass is 19.3. The topological polar surface area (TPSA) is 153 Å². The zero-order chi connectivity index (χ0) is 30.0. The van der Waals surface area contributed by atoms with Crippen LogP contribution in [0, 0.1) is 10.8 Å². The van der Waals surface area contributed by atoms with Crippen molar-refractivity contribution in [3.8, 4) is 16.9 Å². The van der Waals surface area contributed by atoms with Crippen molar-refractivity contribution in [2.24, 2.45) is 4.99 Å². The van der Waals surface area contributed by atoms with E-state index in [0.29, 0.717) is 41.9 Å². The predicted octanol–water partition coefficient (Wildman–Crippen LogP) is 5.52. The number of carbonyl (C=O) groups excluding carboxylic acids is 2. The first-order chi connectivity index (χ1) is 20.1. The molecule has 1 heterocycles. The first-order valence-corrected chi connectivity index (χ1v) is 13.7. The lowest BCUT2D eigenvalue weighted by Crippen LogP contribution is -2.63. The summed E-state index contributed by atoms with van der Waals surface area (Å²) in [5.41, 5.74) is 0.444. The van der Waals surface area contributed by atoms with Gasteiger partial charge in [0.15, 0.2) is 5.76 Å². The highest BCUT2D eigenvalue weighted by molar-refractivity contribution is 6.01. The Morgan fingerprint density at radius 1 is 1.00 bits per heavy atom. The first kappa shape index (κ1) is 28.9. The minimum atomic E-state index is -2.91. The Labute approximate surface area is 240 Å². The fourth-order valence-electron chi connectivity index (χ4n) is 5.08. The van der Waals surface area contributed by atoms with E-state index in [1.54, 1.807) is 18.2 Å². The zero-order valence-electron chi connectivity index (χ0n) is 23.1. The van der Waals surface area contributed by atoms with E-state index in [1.807, 2.05) is 31.2 Å². The number of alkyl halides is 2. The lowest BCUT2D eigenvalue weighted by atomic mass is 9.78. The second-order valence-electron chi connectivity index (χ2n) is 10.7. The monoisotopic (exact) mass is 578 g/mol. The van der Waals surface area contributed by atoms with E-state index >= 15 is 0 Å². The minimum Gasteiger partial charge on any atom is -0.492 e. The molecule has 12 heteroatoms. The van der Waals surface area contributed by atoms with Gasteiger partial charge in [0, 0.05) is 24.4 Å². The van der Waals surface area contributed by atoms with Crippen molar-refractivity contribution in [2.75, 3.05) is 11.9 Å². The summed E-state index contributed by atoms with van der Waals surface area (Å²) in [4.78, 5) is 30.4. The Morgan fingerprint density at radius 3 is 2.38 bits per heavy atom. The second-order valence-corrected chi connectivity index (χ2v) is 10.7. The number of anilines is 1. The van der Waals surface area contributed by atoms with E-state index in [4.69, 9.17) is 20.0 Å². The maximum Gasteiger partial charge on any atom is 0.287 e. The maximum atomic E-state index is 14.0. The lowest BCUT2D eigenvalue weighted by molar-refractivity contribution is -0.133. The number of aliphatic imine (C=N–C) groups is 1. The van der Waals surface area contributed by atoms with E-state index in [9.17, 15) is 18.4 Å². The van der Waals surface area contributed by atoms with Crippen molar-refractivity contribution < 1.29 is 27.5 Å². The Balaban J connectivity index is 1.38. The molecule has 2 saturated carbocycles. The number of nitrogens with zero attached hydrogens (tertiary/aromatic N) is 1. The number of halogens is 2. The number of carbonyl (C=O) groups is 2. The quantitative estimate of drug-likeness (QED) is 0.150. The molecule has 0 aliphatic heterocycles. The van der Waals surface area contributed by atoms with E-state index in [2.05, 4.69) is 20.9 Å². The van der Waals surface area contributed by atoms with Crippen LogP contribution < -0.4 is 20.7 Å². The first-order valence-electron chi connectivity index (χ1n) is 13.7. The molecule has 0 bridgehead atoms. The molecule has 10 nitrogen and oxygen atoms in total. The number of fused-ring (bicyclic) bond motifs is 1. The zero-order valence-corrected chi connectivity index (χ0v) is 23.1. The Hall–Kier alpha value is -4.61. The van der Waals surface area contributed by atoms with Crippen LogP contribution in [0.25, 0.3) is 22.1 Å². The third-order valence-electron chi connectivity index (χ3n) is 7.78. The molecule has 0 unspecified atom stereocenters. The van der Waals surface area contributed by atoms with Gasteiger partial charge >= 0.3 is 0 Å². The molecule has 220 valence electrons. The summed E-state index contributed by atoms with van der Waals surface area (Å²) >= 11 is 0. The van der Waals surface area contributed by atoms with Gasteiger partial charge in [0.2, 0.25) is 11.8 Å². The van der Waals surface area contributed by atoms with Gasteiger partial charge in [-0.15, -0.1) is 0 Å². The number of amides is 2. The summed E-state index contributed by atoms with van der Waals surface area (Å²) in [6, 6.07) is 12.6. The van der Waals surface area contributed by atoms with Crippen LogP contribution in [0.2, 0.25) is 0 Å². The van der Waals surface area contributed by atoms with Crippen LogP contribution in [-0.4, -0.2) is 54.3 Å². The Morgan fingerprint density at radius 2 is 1.71 bits per heavy atom. The third kappa shape index (κ3) is 6.02. The molecular formula is C30H32F2N6O4. The summed E-state index contributed by atoms with van der Waals surface area (Å²) in [6.07, 6.45) is 3.13. The lowest BCUT2D eigenvalue weighted by Gasteiger charge is -2.39. The van der Waals surface area contributed by atoms with Crippen LogP contribution >= 0.6 is 0 Å². The average Bonchev–Trinajstić information content (AvgIpc) is 3.61. The molecule has 5 N–H and O–H groups in total. The van der Waals surface area contributed by atoms with Gasteiger partial charge in [-0.05, 0) is 68.0 Å². The molecule has 1 aromatic heterocycles. The second kappa shape index (κ2) is 11.3. The van der Waals surface area contributed by atoms with Crippen molar-refractivity contribution in [2.45, 2.75) is 62.4 Å². The number of hydrogen-bond donors (Lipinski definition) is 5. The van der Waals surface area contributed by atoms with Gasteiger partial charge < -0.3 is 30.5 Å². The molecule has 42 heavy (non-hydrogen) atoms. The van der Waals surface area contributed by atoms with Crippen LogP contribution in [0.3, 0.4) is 0 Å². The average molecular weight is 579 g/mol. The fraction of sp³-hybridized carbons (Fsp3) is 0.367. The maximum absolute atomic E-state index is 14.0. The normalized spacial score (nSPS) is 18.3. The highest BCUT2D eigenvalue weighted by Gasteiger charge is 2.52. The molecule has 0 saturated heterocycles. The van der Waals surface area contributed by atoms with Crippen molar-refractivity contribution in [1.82, 2.24) is 10.6 Å². The van der Waals surface area contributed by atoms with Crippen molar-refractivity contribution in [1.29, 1.82) is 10.8 Å². The van der Waals surface area contributed by atoms with Gasteiger partial charge in [0.05, 0.1) is 24.2 Å². The summed E-state index contributed by atoms with van der Waals surface area (Å²) in [6.45, 7) is 2.31. The largest absolute Gasteiger partial charge is 0.492 e. The highest BCUT2D eigenvalue weighted by Crippen LogP contribution is 2.41. The SMILES string of the molecule is CCOc1cc(-c2ccc3cc(C(=O)NC4(C(=O)NC5(C=N)CC5)CCC(F)(F)CC4)oc3c2)ccc1N/C=N\C=N. The van der Waals surface area contributed by atoms with Gasteiger partial charge in [-0.3, -0.25) is 15.0 Å². The van der Waals surface area contributed by atoms with Gasteiger partial charge in [0.1, 0.15) is 23.2 Å². The van der Waals surface area contributed by atoms with Crippen LogP contribution in [-0.2, 0) is 4.79 Å². The van der Waals surface area contributed by atoms with Gasteiger partial charge in [-0.2, -0.15) is 0 Å². The summed E-state index contributed by atoms with van der Waals surface area (Å²) in [5.74, 6) is -3.59. The van der Waals surface area contributed by atoms with E-state index < -0.39 is 41.7 Å². The minimum absolute atomic E-state index is 0.0418. The van der Waals surface area contributed by atoms with Crippen LogP contribution in [0.15, 0.2) is 51.9 Å². The predicted molar refractivity (Wildman–Crippen MR) is 156 cm³/mol. The van der Waals surface area contributed by atoms with E-state index in [1.165, 1.54) is 6.34 Å². The summed E-state index contributed by atoms with van der Waals surface area (Å²) < 4.78 is 39.7. The van der Waals surface area contributed by atoms with Crippen LogP contribution in [0.5, 0.6) is 5.75 Å². The Kier molecular flexibility index (Phi) is 7.81. The van der Waals surface area contributed by atoms with Gasteiger partial charge in [-0.25, -0.2) is 13.8 Å². The number of rotatable bonds is 11. The fourth-order valence-corrected chi connectivity index (χ4v) is 5.08. The van der Waals surface area contributed by atoms with Crippen molar-refractivity contribution in [3.05, 3.63) is 48.2 Å². The molecule has 0 spiro atoms. The third-order valence-corrected chi connectivity index (χ3v) is 7.78. The number of furan rings is 1. The molecule has 2 amide bonds. The molecule has 3 aromatic rings. The standard InChI is InChI=1S/C30H32F2N6O4/c1-2-41-24-14-20(5-6-22(24)36-18-35-17-34)19-3-4-21-15-25(42-23(21)13-19)26(39)37-29(9-11-30(31,32)12-10-29)27(40)38-28(16-33)7-8-28/h3-6,13-18,33H,2,7-12H2,1H3,(H,37,39)(H,38,40)(H2,34,35,36). The molecule has 2 aliphatic rings. The molecule has 2 aromatic carbocycles. The smallest absolute Gasteiger partial charge is 0.287 e. The van der Waals surface area contributed by atoms with Crippen LogP contribution in [0.4, 0.5) is 14.5 Å². The molecule has 5 rings (SSSR count). The molecule has 0 radical (unpaired) electrons. The van der Waals surface area contributed by atoms with E-state index in [-0.39, 0.29) is 18.6 Å². The number of hydrogen-bond acceptors (Lipinski definition) is 6. The van der Waals surface area contributed by atoms with Gasteiger partial charge in [-0.1, -0.05) is 18.2 Å². The molecular weight excluding hydrogens is 546 g/mol. The molecule has 2 aliphatic carbocycles.